The highest BCUT2D eigenvalue weighted by Gasteiger charge is 2.00. The molecular weight excluding hydrogens is 176 g/mol. The van der Waals surface area contributed by atoms with Gasteiger partial charge < -0.3 is 4.90 Å². The van der Waals surface area contributed by atoms with E-state index in [1.54, 1.807) is 19.3 Å². The summed E-state index contributed by atoms with van der Waals surface area (Å²) in [5, 5.41) is 0.915. The number of amides is 1. The Morgan fingerprint density at radius 3 is 3.14 bits per heavy atom. The van der Waals surface area contributed by atoms with Crippen molar-refractivity contribution < 1.29 is 4.79 Å². The van der Waals surface area contributed by atoms with Crippen molar-refractivity contribution in [2.24, 2.45) is 0 Å². The highest BCUT2D eigenvalue weighted by molar-refractivity contribution is 5.85. The molecule has 1 amide bonds. The molecule has 0 unspecified atom stereocenters. The largest absolute Gasteiger partial charge is 0.318 e. The van der Waals surface area contributed by atoms with Crippen LogP contribution in [0, 0.1) is 6.07 Å². The molecule has 0 bridgehead atoms. The molecule has 1 aromatic carbocycles. The number of hydrogen-bond donors (Lipinski definition) is 0. The molecule has 1 radical (unpaired) electrons. The van der Waals surface area contributed by atoms with Crippen molar-refractivity contribution in [2.45, 2.75) is 0 Å². The van der Waals surface area contributed by atoms with Crippen LogP contribution in [0.15, 0.2) is 30.5 Å². The number of carbonyl (C=O) groups is 1. The highest BCUT2D eigenvalue weighted by atomic mass is 16.1. The number of hydrogen-bond acceptors (Lipinski definition) is 2. The van der Waals surface area contributed by atoms with Crippen LogP contribution in [0.3, 0.4) is 0 Å². The Morgan fingerprint density at radius 1 is 1.50 bits per heavy atom. The third-order valence-corrected chi connectivity index (χ3v) is 2.07. The molecule has 0 saturated carbocycles. The van der Waals surface area contributed by atoms with Crippen molar-refractivity contribution in [3.8, 4) is 0 Å². The van der Waals surface area contributed by atoms with Gasteiger partial charge in [-0.15, -0.1) is 0 Å². The average molecular weight is 185 g/mol. The maximum absolute atomic E-state index is 10.5. The normalized spacial score (nSPS) is 10.1. The first-order chi connectivity index (χ1) is 6.81. The lowest BCUT2D eigenvalue weighted by atomic mass is 10.2. The van der Waals surface area contributed by atoms with Gasteiger partial charge in [0, 0.05) is 24.3 Å². The van der Waals surface area contributed by atoms with E-state index in [2.05, 4.69) is 11.1 Å². The lowest BCUT2D eigenvalue weighted by Crippen LogP contribution is -2.13. The number of carbonyl (C=O) groups excluding carboxylic acids is 1. The Hall–Kier alpha value is -1.90. The van der Waals surface area contributed by atoms with Gasteiger partial charge in [-0.25, -0.2) is 0 Å². The first-order valence-electron chi connectivity index (χ1n) is 4.26. The smallest absolute Gasteiger partial charge is 0.213 e. The van der Waals surface area contributed by atoms with Gasteiger partial charge in [-0.1, -0.05) is 0 Å². The number of pyridine rings is 1. The quantitative estimate of drug-likeness (QED) is 0.666. The van der Waals surface area contributed by atoms with Gasteiger partial charge in [-0.2, -0.15) is 0 Å². The van der Waals surface area contributed by atoms with Crippen LogP contribution in [-0.2, 0) is 4.79 Å². The van der Waals surface area contributed by atoms with E-state index >= 15 is 0 Å². The number of anilines is 1. The molecule has 0 atom stereocenters. The Morgan fingerprint density at radius 2 is 2.36 bits per heavy atom. The third-order valence-electron chi connectivity index (χ3n) is 2.07. The molecule has 0 spiro atoms. The molecule has 0 N–H and O–H groups in total. The fraction of sp³-hybridized carbons (Fsp3) is 0.0909. The summed E-state index contributed by atoms with van der Waals surface area (Å²) >= 11 is 0. The van der Waals surface area contributed by atoms with Crippen molar-refractivity contribution in [1.82, 2.24) is 4.98 Å². The number of fused-ring (bicyclic) bond motifs is 1. The Kier molecular flexibility index (Phi) is 2.14. The predicted octanol–water partition coefficient (Wildman–Crippen LogP) is 1.63. The summed E-state index contributed by atoms with van der Waals surface area (Å²) in [7, 11) is 1.71. The summed E-state index contributed by atoms with van der Waals surface area (Å²) in [4.78, 5) is 16.2. The standard InChI is InChI=1S/C11H9N2O/c1-13(8-14)10-4-5-11-9(7-10)3-2-6-12-11/h2,4-8H,1H3. The molecule has 0 aliphatic rings. The van der Waals surface area contributed by atoms with Crippen LogP contribution in [0.2, 0.25) is 0 Å². The van der Waals surface area contributed by atoms with E-state index in [4.69, 9.17) is 0 Å². The zero-order valence-corrected chi connectivity index (χ0v) is 7.77. The van der Waals surface area contributed by atoms with Gasteiger partial charge in [-0.3, -0.25) is 9.78 Å². The molecule has 1 heterocycles. The van der Waals surface area contributed by atoms with Crippen LogP contribution >= 0.6 is 0 Å². The molecule has 3 nitrogen and oxygen atoms in total. The van der Waals surface area contributed by atoms with Gasteiger partial charge in [0.25, 0.3) is 0 Å². The van der Waals surface area contributed by atoms with Gasteiger partial charge in [0.15, 0.2) is 0 Å². The number of benzene rings is 1. The molecule has 0 aliphatic carbocycles. The van der Waals surface area contributed by atoms with E-state index in [0.717, 1.165) is 23.0 Å². The van der Waals surface area contributed by atoms with Gasteiger partial charge in [0.05, 0.1) is 5.52 Å². The Balaban J connectivity index is 2.56. The summed E-state index contributed by atoms with van der Waals surface area (Å²) in [5.74, 6) is 0. The highest BCUT2D eigenvalue weighted by Crippen LogP contribution is 2.18. The summed E-state index contributed by atoms with van der Waals surface area (Å²) in [5.41, 5.74) is 1.73. The van der Waals surface area contributed by atoms with Crippen molar-refractivity contribution >= 4 is 23.0 Å². The molecular formula is C11H9N2O. The molecule has 0 aliphatic heterocycles. The Labute approximate surface area is 82.0 Å². The second-order valence-electron chi connectivity index (χ2n) is 3.01. The van der Waals surface area contributed by atoms with Crippen LogP contribution in [-0.4, -0.2) is 18.4 Å². The number of rotatable bonds is 2. The molecule has 2 aromatic rings. The number of nitrogens with zero attached hydrogens (tertiary/aromatic N) is 2. The fourth-order valence-electron chi connectivity index (χ4n) is 1.28. The van der Waals surface area contributed by atoms with E-state index in [0.29, 0.717) is 0 Å². The lowest BCUT2D eigenvalue weighted by molar-refractivity contribution is -0.107. The van der Waals surface area contributed by atoms with Gasteiger partial charge >= 0.3 is 0 Å². The first kappa shape index (κ1) is 8.69. The van der Waals surface area contributed by atoms with Crippen molar-refractivity contribution in [3.63, 3.8) is 0 Å². The van der Waals surface area contributed by atoms with Crippen LogP contribution in [0.25, 0.3) is 10.9 Å². The van der Waals surface area contributed by atoms with Gasteiger partial charge in [0.1, 0.15) is 0 Å². The van der Waals surface area contributed by atoms with Crippen LogP contribution in [0.4, 0.5) is 5.69 Å². The minimum absolute atomic E-state index is 0.775. The van der Waals surface area contributed by atoms with Crippen molar-refractivity contribution in [3.05, 3.63) is 36.5 Å². The topological polar surface area (TPSA) is 33.2 Å². The SMILES string of the molecule is CN(C=O)c1ccc2ncc[c]c2c1. The van der Waals surface area contributed by atoms with Crippen molar-refractivity contribution in [2.75, 3.05) is 11.9 Å². The monoisotopic (exact) mass is 185 g/mol. The zero-order valence-electron chi connectivity index (χ0n) is 7.77. The summed E-state index contributed by atoms with van der Waals surface area (Å²) in [6.45, 7) is 0. The molecule has 2 rings (SSSR count). The van der Waals surface area contributed by atoms with Gasteiger partial charge in [0.2, 0.25) is 6.41 Å². The van der Waals surface area contributed by atoms with E-state index in [1.165, 1.54) is 4.90 Å². The number of aromatic nitrogens is 1. The van der Waals surface area contributed by atoms with E-state index < -0.39 is 0 Å². The summed E-state index contributed by atoms with van der Waals surface area (Å²) in [6, 6.07) is 10.4. The molecule has 0 fully saturated rings. The van der Waals surface area contributed by atoms with E-state index in [-0.39, 0.29) is 0 Å². The molecule has 69 valence electrons. The minimum Gasteiger partial charge on any atom is -0.318 e. The molecule has 0 saturated heterocycles. The lowest BCUT2D eigenvalue weighted by Gasteiger charge is -2.10. The molecule has 3 heteroatoms. The van der Waals surface area contributed by atoms with Crippen LogP contribution in [0.5, 0.6) is 0 Å². The average Bonchev–Trinajstić information content (AvgIpc) is 2.27. The van der Waals surface area contributed by atoms with E-state index in [1.807, 2.05) is 18.2 Å². The minimum atomic E-state index is 0.775. The fourth-order valence-corrected chi connectivity index (χ4v) is 1.28. The van der Waals surface area contributed by atoms with Gasteiger partial charge in [-0.05, 0) is 30.3 Å². The van der Waals surface area contributed by atoms with Crippen molar-refractivity contribution in [1.29, 1.82) is 0 Å². The predicted molar refractivity (Wildman–Crippen MR) is 55.0 cm³/mol. The summed E-state index contributed by atoms with van der Waals surface area (Å²) in [6.07, 6.45) is 2.48. The maximum Gasteiger partial charge on any atom is 0.213 e. The molecule has 14 heavy (non-hydrogen) atoms. The first-order valence-corrected chi connectivity index (χ1v) is 4.26. The molecule has 1 aromatic heterocycles. The second kappa shape index (κ2) is 3.46. The van der Waals surface area contributed by atoms with E-state index in [9.17, 15) is 4.79 Å². The third kappa shape index (κ3) is 1.44. The zero-order chi connectivity index (χ0) is 9.97. The van der Waals surface area contributed by atoms with Crippen LogP contribution in [0.1, 0.15) is 0 Å². The summed E-state index contributed by atoms with van der Waals surface area (Å²) < 4.78 is 0. The second-order valence-corrected chi connectivity index (χ2v) is 3.01. The Bertz CT molecular complexity index is 468. The van der Waals surface area contributed by atoms with Crippen LogP contribution < -0.4 is 4.90 Å². The maximum atomic E-state index is 10.5.